The molecule has 1 aromatic rings. The van der Waals surface area contributed by atoms with Gasteiger partial charge < -0.3 is 15.7 Å². The molecule has 7 heteroatoms. The van der Waals surface area contributed by atoms with Crippen molar-refractivity contribution in [1.82, 2.24) is 10.6 Å². The van der Waals surface area contributed by atoms with Crippen molar-refractivity contribution < 1.29 is 14.7 Å². The van der Waals surface area contributed by atoms with Gasteiger partial charge in [-0.05, 0) is 43.4 Å². The van der Waals surface area contributed by atoms with Crippen LogP contribution in [0.2, 0.25) is 0 Å². The van der Waals surface area contributed by atoms with Crippen LogP contribution in [0.4, 0.5) is 4.79 Å². The second-order valence-corrected chi connectivity index (χ2v) is 7.23. The Morgan fingerprint density at radius 1 is 1.38 bits per heavy atom. The van der Waals surface area contributed by atoms with Gasteiger partial charge in [-0.25, -0.2) is 9.59 Å². The Morgan fingerprint density at radius 3 is 2.62 bits per heavy atom. The Balaban J connectivity index is 1.84. The largest absolute Gasteiger partial charge is 0.479 e. The molecule has 3 N–H and O–H groups in total. The molecule has 1 heterocycles. The molecule has 1 aliphatic rings. The van der Waals surface area contributed by atoms with Crippen molar-refractivity contribution in [3.8, 4) is 0 Å². The molecule has 0 bridgehead atoms. The van der Waals surface area contributed by atoms with E-state index in [1.54, 1.807) is 17.5 Å². The molecule has 2 amide bonds. The number of thioether (sulfide) groups is 1. The zero-order valence-corrected chi connectivity index (χ0v) is 13.5. The molecule has 0 spiro atoms. The number of urea groups is 1. The average molecular weight is 328 g/mol. The molecule has 1 aliphatic carbocycles. The van der Waals surface area contributed by atoms with Gasteiger partial charge in [0.25, 0.3) is 0 Å². The molecular formula is C14H20N2O3S2. The minimum Gasteiger partial charge on any atom is -0.479 e. The summed E-state index contributed by atoms with van der Waals surface area (Å²) in [6.45, 7) is 0. The number of aliphatic carboxylic acids is 1. The zero-order chi connectivity index (χ0) is 15.2. The van der Waals surface area contributed by atoms with Gasteiger partial charge in [-0.2, -0.15) is 11.8 Å². The van der Waals surface area contributed by atoms with Crippen LogP contribution in [-0.2, 0) is 4.79 Å². The number of hydrogen-bond donors (Lipinski definition) is 3. The number of rotatable bonds is 5. The summed E-state index contributed by atoms with van der Waals surface area (Å²) in [4.78, 5) is 23.9. The highest BCUT2D eigenvalue weighted by Gasteiger charge is 2.26. The van der Waals surface area contributed by atoms with Crippen molar-refractivity contribution in [2.45, 2.75) is 43.0 Å². The van der Waals surface area contributed by atoms with Crippen molar-refractivity contribution >= 4 is 35.1 Å². The van der Waals surface area contributed by atoms with E-state index in [2.05, 4.69) is 16.9 Å². The molecule has 0 saturated heterocycles. The van der Waals surface area contributed by atoms with E-state index in [1.807, 2.05) is 11.8 Å². The Labute approximate surface area is 132 Å². The van der Waals surface area contributed by atoms with Crippen molar-refractivity contribution in [1.29, 1.82) is 0 Å². The maximum Gasteiger partial charge on any atom is 0.331 e. The van der Waals surface area contributed by atoms with Gasteiger partial charge in [0.15, 0.2) is 6.04 Å². The summed E-state index contributed by atoms with van der Waals surface area (Å²) in [5, 5.41) is 17.2. The van der Waals surface area contributed by atoms with Crippen LogP contribution < -0.4 is 10.6 Å². The normalized spacial score (nSPS) is 23.3. The van der Waals surface area contributed by atoms with Gasteiger partial charge in [-0.1, -0.05) is 6.07 Å². The van der Waals surface area contributed by atoms with E-state index in [4.69, 9.17) is 0 Å². The Bertz CT molecular complexity index is 471. The lowest BCUT2D eigenvalue weighted by Gasteiger charge is -2.28. The number of nitrogens with one attached hydrogen (secondary N) is 2. The minimum absolute atomic E-state index is 0.145. The second kappa shape index (κ2) is 7.70. The van der Waals surface area contributed by atoms with E-state index in [-0.39, 0.29) is 6.04 Å². The lowest BCUT2D eigenvalue weighted by atomic mass is 9.95. The molecular weight excluding hydrogens is 308 g/mol. The number of carbonyl (C=O) groups excluding carboxylic acids is 1. The van der Waals surface area contributed by atoms with Gasteiger partial charge in [0, 0.05) is 16.2 Å². The predicted octanol–water partition coefficient (Wildman–Crippen LogP) is 2.85. The predicted molar refractivity (Wildman–Crippen MR) is 85.9 cm³/mol. The Hall–Kier alpha value is -1.21. The monoisotopic (exact) mass is 328 g/mol. The van der Waals surface area contributed by atoms with Gasteiger partial charge in [0.1, 0.15) is 0 Å². The highest BCUT2D eigenvalue weighted by molar-refractivity contribution is 7.99. The maximum absolute atomic E-state index is 12.0. The fraction of sp³-hybridized carbons (Fsp3) is 0.571. The van der Waals surface area contributed by atoms with Crippen molar-refractivity contribution in [3.05, 3.63) is 22.4 Å². The molecule has 0 radical (unpaired) electrons. The molecule has 0 aromatic carbocycles. The summed E-state index contributed by atoms with van der Waals surface area (Å²) in [5.41, 5.74) is 0. The lowest BCUT2D eigenvalue weighted by molar-refractivity contribution is -0.139. The van der Waals surface area contributed by atoms with Crippen LogP contribution in [0.3, 0.4) is 0 Å². The summed E-state index contributed by atoms with van der Waals surface area (Å²) in [7, 11) is 0. The van der Waals surface area contributed by atoms with Crippen LogP contribution in [0, 0.1) is 0 Å². The first-order valence-electron chi connectivity index (χ1n) is 6.96. The van der Waals surface area contributed by atoms with Gasteiger partial charge in [-0.3, -0.25) is 0 Å². The van der Waals surface area contributed by atoms with Gasteiger partial charge in [0.2, 0.25) is 0 Å². The number of amides is 2. The lowest BCUT2D eigenvalue weighted by Crippen LogP contribution is -2.46. The highest BCUT2D eigenvalue weighted by Crippen LogP contribution is 2.27. The fourth-order valence-corrected chi connectivity index (χ4v) is 4.02. The summed E-state index contributed by atoms with van der Waals surface area (Å²) < 4.78 is 0. The van der Waals surface area contributed by atoms with E-state index >= 15 is 0 Å². The van der Waals surface area contributed by atoms with Gasteiger partial charge in [0.05, 0.1) is 0 Å². The van der Waals surface area contributed by atoms with Crippen LogP contribution >= 0.6 is 23.1 Å². The van der Waals surface area contributed by atoms with E-state index in [0.717, 1.165) is 25.7 Å². The topological polar surface area (TPSA) is 78.4 Å². The summed E-state index contributed by atoms with van der Waals surface area (Å²) in [6, 6.07) is 2.26. The molecule has 5 nitrogen and oxygen atoms in total. The first kappa shape index (κ1) is 16.2. The molecule has 1 aromatic heterocycles. The third-order valence-corrected chi connectivity index (χ3v) is 5.77. The van der Waals surface area contributed by atoms with E-state index in [0.29, 0.717) is 10.1 Å². The molecule has 21 heavy (non-hydrogen) atoms. The van der Waals surface area contributed by atoms with Crippen LogP contribution in [-0.4, -0.2) is 34.7 Å². The van der Waals surface area contributed by atoms with Crippen LogP contribution in [0.25, 0.3) is 0 Å². The molecule has 1 saturated carbocycles. The maximum atomic E-state index is 12.0. The van der Waals surface area contributed by atoms with Crippen molar-refractivity contribution in [3.63, 3.8) is 0 Å². The number of hydrogen-bond acceptors (Lipinski definition) is 4. The van der Waals surface area contributed by atoms with E-state index < -0.39 is 18.0 Å². The molecule has 116 valence electrons. The molecule has 1 atom stereocenters. The number of carboxylic acids is 1. The summed E-state index contributed by atoms with van der Waals surface area (Å²) in [6.07, 6.45) is 6.22. The summed E-state index contributed by atoms with van der Waals surface area (Å²) in [5.74, 6) is -1.04. The smallest absolute Gasteiger partial charge is 0.331 e. The van der Waals surface area contributed by atoms with Gasteiger partial charge >= 0.3 is 12.0 Å². The van der Waals surface area contributed by atoms with E-state index in [1.165, 1.54) is 11.3 Å². The highest BCUT2D eigenvalue weighted by atomic mass is 32.2. The standard InChI is InChI=1S/C14H20N2O3S2/c1-20-10-6-4-9(5-7-10)15-14(19)16-12(13(17)18)11-3-2-8-21-11/h2-3,8-10,12H,4-7H2,1H3,(H,17,18)(H2,15,16,19). The molecule has 2 rings (SSSR count). The average Bonchev–Trinajstić information content (AvgIpc) is 2.99. The van der Waals surface area contributed by atoms with Crippen LogP contribution in [0.1, 0.15) is 36.6 Å². The van der Waals surface area contributed by atoms with Gasteiger partial charge in [-0.15, -0.1) is 11.3 Å². The van der Waals surface area contributed by atoms with Crippen molar-refractivity contribution in [2.75, 3.05) is 6.26 Å². The minimum atomic E-state index is -1.04. The van der Waals surface area contributed by atoms with Crippen molar-refractivity contribution in [2.24, 2.45) is 0 Å². The second-order valence-electron chi connectivity index (χ2n) is 5.11. The third kappa shape index (κ3) is 4.64. The van der Waals surface area contributed by atoms with Crippen LogP contribution in [0.15, 0.2) is 17.5 Å². The third-order valence-electron chi connectivity index (χ3n) is 3.69. The molecule has 0 aliphatic heterocycles. The Morgan fingerprint density at radius 2 is 2.10 bits per heavy atom. The summed E-state index contributed by atoms with van der Waals surface area (Å²) >= 11 is 3.20. The first-order chi connectivity index (χ1) is 10.1. The first-order valence-corrected chi connectivity index (χ1v) is 9.13. The quantitative estimate of drug-likeness (QED) is 0.776. The van der Waals surface area contributed by atoms with Crippen LogP contribution in [0.5, 0.6) is 0 Å². The fourth-order valence-electron chi connectivity index (χ4n) is 2.51. The zero-order valence-electron chi connectivity index (χ0n) is 11.9. The SMILES string of the molecule is CSC1CCC(NC(=O)NC(C(=O)O)c2cccs2)CC1. The molecule has 1 unspecified atom stereocenters. The number of carboxylic acid groups (broad SMARTS) is 1. The Kier molecular flexibility index (Phi) is 5.93. The van der Waals surface area contributed by atoms with E-state index in [9.17, 15) is 14.7 Å². The number of carbonyl (C=O) groups is 2. The molecule has 1 fully saturated rings. The number of thiophene rings is 1.